The van der Waals surface area contributed by atoms with Gasteiger partial charge in [0.2, 0.25) is 5.91 Å². The third kappa shape index (κ3) is 8.12. The second-order valence-electron chi connectivity index (χ2n) is 8.66. The Hall–Kier alpha value is -4.76. The van der Waals surface area contributed by atoms with E-state index in [1.165, 1.54) is 66.4 Å². The highest BCUT2D eigenvalue weighted by Gasteiger charge is 2.17. The highest BCUT2D eigenvalue weighted by Crippen LogP contribution is 2.26. The first-order valence-corrected chi connectivity index (χ1v) is 13.1. The van der Waals surface area contributed by atoms with Crippen molar-refractivity contribution in [3.8, 4) is 0 Å². The van der Waals surface area contributed by atoms with Crippen molar-refractivity contribution in [2.45, 2.75) is 17.1 Å². The fourth-order valence-corrected chi connectivity index (χ4v) is 4.39. The van der Waals surface area contributed by atoms with E-state index in [-0.39, 0.29) is 17.4 Å². The average molecular weight is 558 g/mol. The third-order valence-corrected chi connectivity index (χ3v) is 6.73. The Morgan fingerprint density at radius 3 is 1.90 bits per heavy atom. The molecule has 4 aromatic rings. The number of carbonyl (C=O) groups excluding carboxylic acids is 3. The van der Waals surface area contributed by atoms with Crippen molar-refractivity contribution in [2.75, 3.05) is 10.6 Å². The van der Waals surface area contributed by atoms with Gasteiger partial charge in [-0.2, -0.15) is 0 Å². The van der Waals surface area contributed by atoms with Crippen molar-refractivity contribution < 1.29 is 23.2 Å². The van der Waals surface area contributed by atoms with Crippen LogP contribution in [0.25, 0.3) is 6.08 Å². The normalized spacial score (nSPS) is 11.8. The second kappa shape index (κ2) is 13.3. The molecule has 0 aliphatic heterocycles. The molecule has 3 amide bonds. The molecule has 6 nitrogen and oxygen atoms in total. The van der Waals surface area contributed by atoms with Crippen LogP contribution in [0.4, 0.5) is 20.2 Å². The summed E-state index contributed by atoms with van der Waals surface area (Å²) in [7, 11) is 0. The molecule has 0 aliphatic rings. The summed E-state index contributed by atoms with van der Waals surface area (Å²) in [6.07, 6.45) is 1.46. The van der Waals surface area contributed by atoms with Gasteiger partial charge in [0.15, 0.2) is 0 Å². The van der Waals surface area contributed by atoms with Gasteiger partial charge in [0.1, 0.15) is 17.3 Å². The Balaban J connectivity index is 1.42. The van der Waals surface area contributed by atoms with Crippen LogP contribution < -0.4 is 16.0 Å². The van der Waals surface area contributed by atoms with Gasteiger partial charge in [-0.05, 0) is 91.4 Å². The van der Waals surface area contributed by atoms with Gasteiger partial charge in [-0.25, -0.2) is 8.78 Å². The number of anilines is 2. The van der Waals surface area contributed by atoms with E-state index in [4.69, 9.17) is 0 Å². The van der Waals surface area contributed by atoms with Crippen molar-refractivity contribution in [1.29, 1.82) is 0 Å². The summed E-state index contributed by atoms with van der Waals surface area (Å²) in [5.41, 5.74) is 1.85. The van der Waals surface area contributed by atoms with Gasteiger partial charge < -0.3 is 16.0 Å². The maximum absolute atomic E-state index is 13.4. The van der Waals surface area contributed by atoms with E-state index >= 15 is 0 Å². The zero-order chi connectivity index (χ0) is 28.5. The fourth-order valence-electron chi connectivity index (χ4n) is 3.52. The number of nitrogens with one attached hydrogen (secondary N) is 3. The SMILES string of the molecule is CC(Sc1ccc(NC(=O)/C(=C/c2ccc(F)cc2)NC(=O)c2ccccc2)cc1)C(=O)Nc1ccc(F)cc1. The lowest BCUT2D eigenvalue weighted by Crippen LogP contribution is -2.30. The molecule has 0 aromatic heterocycles. The van der Waals surface area contributed by atoms with Crippen LogP contribution in [0.5, 0.6) is 0 Å². The largest absolute Gasteiger partial charge is 0.325 e. The molecule has 0 aliphatic carbocycles. The molecular weight excluding hydrogens is 532 g/mol. The summed E-state index contributed by atoms with van der Waals surface area (Å²) >= 11 is 1.32. The first-order valence-electron chi connectivity index (χ1n) is 12.2. The minimum absolute atomic E-state index is 0.0231. The minimum Gasteiger partial charge on any atom is -0.325 e. The van der Waals surface area contributed by atoms with E-state index in [0.717, 1.165) is 4.90 Å². The predicted octanol–water partition coefficient (Wildman–Crippen LogP) is 6.49. The molecular formula is C31H25F2N3O3S. The Labute approximate surface area is 234 Å². The maximum Gasteiger partial charge on any atom is 0.272 e. The smallest absolute Gasteiger partial charge is 0.272 e. The van der Waals surface area contributed by atoms with Crippen LogP contribution in [0.1, 0.15) is 22.8 Å². The van der Waals surface area contributed by atoms with Crippen LogP contribution in [-0.2, 0) is 9.59 Å². The molecule has 4 rings (SSSR count). The highest BCUT2D eigenvalue weighted by atomic mass is 32.2. The first kappa shape index (κ1) is 28.3. The molecule has 3 N–H and O–H groups in total. The molecule has 202 valence electrons. The standard InChI is InChI=1S/C31H25F2N3O3S/c1-20(29(37)34-25-13-11-24(33)12-14-25)40-27-17-15-26(16-18-27)35-31(39)28(19-21-7-9-23(32)10-8-21)36-30(38)22-5-3-2-4-6-22/h2-20H,1H3,(H,34,37)(H,35,39)(H,36,38)/b28-19-. The number of thioether (sulfide) groups is 1. The fraction of sp³-hybridized carbons (Fsp3) is 0.0645. The Morgan fingerprint density at radius 2 is 1.27 bits per heavy atom. The van der Waals surface area contributed by atoms with Gasteiger partial charge in [-0.15, -0.1) is 11.8 Å². The summed E-state index contributed by atoms with van der Waals surface area (Å²) in [6.45, 7) is 1.75. The van der Waals surface area contributed by atoms with Crippen molar-refractivity contribution in [3.05, 3.63) is 132 Å². The molecule has 0 saturated carbocycles. The van der Waals surface area contributed by atoms with Gasteiger partial charge in [0.25, 0.3) is 11.8 Å². The van der Waals surface area contributed by atoms with Crippen molar-refractivity contribution >= 4 is 46.9 Å². The van der Waals surface area contributed by atoms with E-state index in [9.17, 15) is 23.2 Å². The Kier molecular flexibility index (Phi) is 9.43. The quantitative estimate of drug-likeness (QED) is 0.162. The average Bonchev–Trinajstić information content (AvgIpc) is 2.96. The lowest BCUT2D eigenvalue weighted by molar-refractivity contribution is -0.115. The molecule has 0 radical (unpaired) electrons. The van der Waals surface area contributed by atoms with E-state index < -0.39 is 22.9 Å². The van der Waals surface area contributed by atoms with Crippen LogP contribution in [-0.4, -0.2) is 23.0 Å². The number of benzene rings is 4. The second-order valence-corrected chi connectivity index (χ2v) is 10.1. The van der Waals surface area contributed by atoms with Gasteiger partial charge in [-0.1, -0.05) is 30.3 Å². The van der Waals surface area contributed by atoms with Gasteiger partial charge >= 0.3 is 0 Å². The van der Waals surface area contributed by atoms with Crippen LogP contribution >= 0.6 is 11.8 Å². The highest BCUT2D eigenvalue weighted by molar-refractivity contribution is 8.00. The van der Waals surface area contributed by atoms with Crippen LogP contribution in [0.15, 0.2) is 114 Å². The van der Waals surface area contributed by atoms with Gasteiger partial charge in [0.05, 0.1) is 5.25 Å². The van der Waals surface area contributed by atoms with E-state index in [2.05, 4.69) is 16.0 Å². The molecule has 9 heteroatoms. The summed E-state index contributed by atoms with van der Waals surface area (Å²) in [4.78, 5) is 39.2. The van der Waals surface area contributed by atoms with Crippen LogP contribution in [0.2, 0.25) is 0 Å². The van der Waals surface area contributed by atoms with E-state index in [1.54, 1.807) is 61.5 Å². The lowest BCUT2D eigenvalue weighted by Gasteiger charge is -2.13. The number of halogens is 2. The molecule has 0 spiro atoms. The molecule has 0 heterocycles. The summed E-state index contributed by atoms with van der Waals surface area (Å²) < 4.78 is 26.4. The molecule has 0 bridgehead atoms. The Morgan fingerprint density at radius 1 is 0.725 bits per heavy atom. The van der Waals surface area contributed by atoms with Crippen molar-refractivity contribution in [3.63, 3.8) is 0 Å². The number of amides is 3. The first-order chi connectivity index (χ1) is 19.3. The van der Waals surface area contributed by atoms with E-state index in [0.29, 0.717) is 22.5 Å². The van der Waals surface area contributed by atoms with Gasteiger partial charge in [0, 0.05) is 21.8 Å². The maximum atomic E-state index is 13.4. The number of hydrogen-bond donors (Lipinski definition) is 3. The Bertz CT molecular complexity index is 1510. The zero-order valence-corrected chi connectivity index (χ0v) is 22.2. The third-order valence-electron chi connectivity index (χ3n) is 5.62. The summed E-state index contributed by atoms with van der Waals surface area (Å²) in [5.74, 6) is -2.08. The molecule has 0 saturated heterocycles. The van der Waals surface area contributed by atoms with Crippen LogP contribution in [0.3, 0.4) is 0 Å². The van der Waals surface area contributed by atoms with Crippen molar-refractivity contribution in [1.82, 2.24) is 5.32 Å². The molecule has 0 fully saturated rings. The number of rotatable bonds is 9. The molecule has 1 unspecified atom stereocenters. The predicted molar refractivity (Wildman–Crippen MR) is 154 cm³/mol. The summed E-state index contributed by atoms with van der Waals surface area (Å²) in [5, 5.41) is 7.70. The zero-order valence-electron chi connectivity index (χ0n) is 21.4. The minimum atomic E-state index is -0.568. The lowest BCUT2D eigenvalue weighted by atomic mass is 10.1. The number of hydrogen-bond acceptors (Lipinski definition) is 4. The molecule has 40 heavy (non-hydrogen) atoms. The summed E-state index contributed by atoms with van der Waals surface area (Å²) in [6, 6.07) is 26.4. The molecule has 4 aromatic carbocycles. The van der Waals surface area contributed by atoms with Crippen LogP contribution in [0, 0.1) is 11.6 Å². The monoisotopic (exact) mass is 557 g/mol. The van der Waals surface area contributed by atoms with Gasteiger partial charge in [-0.3, -0.25) is 14.4 Å². The number of carbonyl (C=O) groups is 3. The molecule has 1 atom stereocenters. The van der Waals surface area contributed by atoms with E-state index in [1.807, 2.05) is 0 Å². The topological polar surface area (TPSA) is 87.3 Å². The van der Waals surface area contributed by atoms with Crippen molar-refractivity contribution in [2.24, 2.45) is 0 Å².